The van der Waals surface area contributed by atoms with E-state index in [0.29, 0.717) is 11.0 Å². The molecule has 0 spiro atoms. The average molecular weight is 325 g/mol. The zero-order chi connectivity index (χ0) is 13.8. The Morgan fingerprint density at radius 3 is 2.68 bits per heavy atom. The molecule has 0 heterocycles. The van der Waals surface area contributed by atoms with Gasteiger partial charge in [0.15, 0.2) is 0 Å². The van der Waals surface area contributed by atoms with Crippen LogP contribution in [0.1, 0.15) is 5.56 Å². The molecule has 0 aliphatic heterocycles. The van der Waals surface area contributed by atoms with E-state index in [1.807, 2.05) is 0 Å². The summed E-state index contributed by atoms with van der Waals surface area (Å²) in [6, 6.07) is 10.9. The second-order valence-electron chi connectivity index (χ2n) is 3.91. The molecule has 0 saturated carbocycles. The molecule has 2 rings (SSSR count). The van der Waals surface area contributed by atoms with Crippen LogP contribution in [0.5, 0.6) is 0 Å². The van der Waals surface area contributed by atoms with Gasteiger partial charge in [0, 0.05) is 18.3 Å². The third-order valence-corrected chi connectivity index (χ3v) is 3.17. The molecule has 1 N–H and O–H groups in total. The van der Waals surface area contributed by atoms with Crippen molar-refractivity contribution in [3.8, 4) is 0 Å². The van der Waals surface area contributed by atoms with E-state index < -0.39 is 4.92 Å². The minimum Gasteiger partial charge on any atom is -0.381 e. The largest absolute Gasteiger partial charge is 0.381 e. The van der Waals surface area contributed by atoms with E-state index in [9.17, 15) is 14.5 Å². The van der Waals surface area contributed by atoms with E-state index in [0.717, 1.165) is 11.3 Å². The van der Waals surface area contributed by atoms with Crippen molar-refractivity contribution in [3.63, 3.8) is 0 Å². The first kappa shape index (κ1) is 13.5. The highest BCUT2D eigenvalue weighted by Crippen LogP contribution is 2.27. The fourth-order valence-electron chi connectivity index (χ4n) is 1.62. The molecule has 98 valence electrons. The van der Waals surface area contributed by atoms with Gasteiger partial charge in [-0.2, -0.15) is 0 Å². The van der Waals surface area contributed by atoms with Crippen molar-refractivity contribution in [1.82, 2.24) is 0 Å². The summed E-state index contributed by atoms with van der Waals surface area (Å²) in [6.07, 6.45) is 0. The summed E-state index contributed by atoms with van der Waals surface area (Å²) < 4.78 is 13.4. The van der Waals surface area contributed by atoms with Gasteiger partial charge >= 0.3 is 0 Å². The zero-order valence-corrected chi connectivity index (χ0v) is 11.4. The number of nitrogens with one attached hydrogen (secondary N) is 1. The average Bonchev–Trinajstić information content (AvgIpc) is 2.36. The van der Waals surface area contributed by atoms with Crippen LogP contribution in [0.2, 0.25) is 0 Å². The number of nitrogens with zero attached hydrogens (tertiary/aromatic N) is 1. The normalized spacial score (nSPS) is 10.2. The van der Waals surface area contributed by atoms with E-state index in [1.165, 1.54) is 18.2 Å². The minimum atomic E-state index is -0.458. The number of rotatable bonds is 4. The lowest BCUT2D eigenvalue weighted by Gasteiger charge is -2.07. The van der Waals surface area contributed by atoms with Crippen molar-refractivity contribution in [2.45, 2.75) is 6.54 Å². The first-order valence-electron chi connectivity index (χ1n) is 5.48. The Kier molecular flexibility index (Phi) is 4.11. The Labute approximate surface area is 117 Å². The molecule has 0 aliphatic carbocycles. The van der Waals surface area contributed by atoms with Crippen LogP contribution >= 0.6 is 15.9 Å². The van der Waals surface area contributed by atoms with Gasteiger partial charge in [-0.3, -0.25) is 10.1 Å². The Morgan fingerprint density at radius 1 is 1.26 bits per heavy atom. The highest BCUT2D eigenvalue weighted by Gasteiger charge is 2.11. The summed E-state index contributed by atoms with van der Waals surface area (Å²) in [6.45, 7) is 0.446. The SMILES string of the molecule is O=[N+]([O-])c1ccc(NCc2cccc(F)c2)cc1Br. The lowest BCUT2D eigenvalue weighted by molar-refractivity contribution is -0.385. The summed E-state index contributed by atoms with van der Waals surface area (Å²) in [4.78, 5) is 10.2. The third-order valence-electron chi connectivity index (χ3n) is 2.53. The lowest BCUT2D eigenvalue weighted by atomic mass is 10.2. The number of benzene rings is 2. The molecule has 0 aliphatic rings. The first-order chi connectivity index (χ1) is 9.06. The van der Waals surface area contributed by atoms with Gasteiger partial charge in [0.25, 0.3) is 5.69 Å². The maximum Gasteiger partial charge on any atom is 0.283 e. The molecular formula is C13H10BrFN2O2. The maximum atomic E-state index is 13.0. The molecule has 0 amide bonds. The molecule has 6 heteroatoms. The third kappa shape index (κ3) is 3.51. The summed E-state index contributed by atoms with van der Waals surface area (Å²) in [5.74, 6) is -0.288. The van der Waals surface area contributed by atoms with E-state index in [-0.39, 0.29) is 11.5 Å². The monoisotopic (exact) mass is 324 g/mol. The molecule has 2 aromatic rings. The molecule has 0 radical (unpaired) electrons. The van der Waals surface area contributed by atoms with Crippen molar-refractivity contribution >= 4 is 27.3 Å². The van der Waals surface area contributed by atoms with Crippen LogP contribution in [0, 0.1) is 15.9 Å². The Bertz CT molecular complexity index is 619. The molecule has 19 heavy (non-hydrogen) atoms. The summed E-state index contributed by atoms with van der Waals surface area (Å²) in [5.41, 5.74) is 1.53. The Hall–Kier alpha value is -1.95. The van der Waals surface area contributed by atoms with E-state index in [1.54, 1.807) is 24.3 Å². The lowest BCUT2D eigenvalue weighted by Crippen LogP contribution is -2.00. The number of nitro benzene ring substituents is 1. The first-order valence-corrected chi connectivity index (χ1v) is 6.28. The maximum absolute atomic E-state index is 13.0. The quantitative estimate of drug-likeness (QED) is 0.680. The minimum absolute atomic E-state index is 0.0105. The molecule has 0 atom stereocenters. The van der Waals surface area contributed by atoms with Gasteiger partial charge in [-0.25, -0.2) is 4.39 Å². The van der Waals surface area contributed by atoms with Crippen LogP contribution in [0.4, 0.5) is 15.8 Å². The molecule has 4 nitrogen and oxygen atoms in total. The molecule has 0 saturated heterocycles. The van der Waals surface area contributed by atoms with Crippen molar-refractivity contribution in [2.24, 2.45) is 0 Å². The number of anilines is 1. The van der Waals surface area contributed by atoms with Crippen molar-refractivity contribution < 1.29 is 9.31 Å². The van der Waals surface area contributed by atoms with Crippen LogP contribution in [0.15, 0.2) is 46.9 Å². The van der Waals surface area contributed by atoms with Gasteiger partial charge in [0.05, 0.1) is 9.40 Å². The van der Waals surface area contributed by atoms with Crippen molar-refractivity contribution in [1.29, 1.82) is 0 Å². The molecular weight excluding hydrogens is 315 g/mol. The summed E-state index contributed by atoms with van der Waals surface area (Å²) in [5, 5.41) is 13.7. The van der Waals surface area contributed by atoms with Crippen LogP contribution < -0.4 is 5.32 Å². The fraction of sp³-hybridized carbons (Fsp3) is 0.0769. The molecule has 2 aromatic carbocycles. The Balaban J connectivity index is 2.08. The van der Waals surface area contributed by atoms with E-state index >= 15 is 0 Å². The van der Waals surface area contributed by atoms with Gasteiger partial charge in [0.2, 0.25) is 0 Å². The predicted molar refractivity (Wildman–Crippen MR) is 74.5 cm³/mol. The van der Waals surface area contributed by atoms with Crippen LogP contribution in [-0.2, 0) is 6.54 Å². The topological polar surface area (TPSA) is 55.2 Å². The van der Waals surface area contributed by atoms with Gasteiger partial charge in [0.1, 0.15) is 5.82 Å². The second kappa shape index (κ2) is 5.79. The summed E-state index contributed by atoms with van der Waals surface area (Å²) in [7, 11) is 0. The molecule has 0 aromatic heterocycles. The van der Waals surface area contributed by atoms with Gasteiger partial charge in [-0.15, -0.1) is 0 Å². The number of nitro groups is 1. The van der Waals surface area contributed by atoms with Gasteiger partial charge in [-0.1, -0.05) is 12.1 Å². The predicted octanol–water partition coefficient (Wildman–Crippen LogP) is 4.11. The van der Waals surface area contributed by atoms with Crippen LogP contribution in [0.25, 0.3) is 0 Å². The fourth-order valence-corrected chi connectivity index (χ4v) is 2.14. The van der Waals surface area contributed by atoms with Gasteiger partial charge in [-0.05, 0) is 45.8 Å². The number of hydrogen-bond donors (Lipinski definition) is 1. The zero-order valence-electron chi connectivity index (χ0n) is 9.77. The summed E-state index contributed by atoms with van der Waals surface area (Å²) >= 11 is 3.14. The van der Waals surface area contributed by atoms with Crippen molar-refractivity contribution in [2.75, 3.05) is 5.32 Å². The number of halogens is 2. The number of hydrogen-bond acceptors (Lipinski definition) is 3. The van der Waals surface area contributed by atoms with E-state index in [4.69, 9.17) is 0 Å². The highest BCUT2D eigenvalue weighted by atomic mass is 79.9. The second-order valence-corrected chi connectivity index (χ2v) is 4.76. The standard InChI is InChI=1S/C13H10BrFN2O2/c14-12-7-11(4-5-13(12)17(18)19)16-8-9-2-1-3-10(15)6-9/h1-7,16H,8H2. The molecule has 0 fully saturated rings. The molecule has 0 unspecified atom stereocenters. The highest BCUT2D eigenvalue weighted by molar-refractivity contribution is 9.10. The Morgan fingerprint density at radius 2 is 2.05 bits per heavy atom. The van der Waals surface area contributed by atoms with Gasteiger partial charge < -0.3 is 5.32 Å². The smallest absolute Gasteiger partial charge is 0.283 e. The van der Waals surface area contributed by atoms with Crippen LogP contribution in [-0.4, -0.2) is 4.92 Å². The van der Waals surface area contributed by atoms with Crippen LogP contribution in [0.3, 0.4) is 0 Å². The van der Waals surface area contributed by atoms with E-state index in [2.05, 4.69) is 21.2 Å². The van der Waals surface area contributed by atoms with Crippen molar-refractivity contribution in [3.05, 3.63) is 68.4 Å². The molecule has 0 bridgehead atoms.